The van der Waals surface area contributed by atoms with Crippen LogP contribution < -0.4 is 10.6 Å². The van der Waals surface area contributed by atoms with E-state index in [9.17, 15) is 0 Å². The molecule has 2 rings (SSSR count). The van der Waals surface area contributed by atoms with Gasteiger partial charge in [0.2, 0.25) is 0 Å². The van der Waals surface area contributed by atoms with Crippen LogP contribution in [-0.2, 0) is 0 Å². The summed E-state index contributed by atoms with van der Waals surface area (Å²) in [6.07, 6.45) is 3.48. The number of nitrogens with zero attached hydrogens (tertiary/aromatic N) is 1. The average Bonchev–Trinajstić information content (AvgIpc) is 1.86. The van der Waals surface area contributed by atoms with Crippen molar-refractivity contribution in [3.8, 4) is 0 Å². The van der Waals surface area contributed by atoms with Crippen LogP contribution in [0.2, 0.25) is 0 Å². The normalized spacial score (nSPS) is 24.8. The van der Waals surface area contributed by atoms with Crippen LogP contribution in [0.25, 0.3) is 0 Å². The molecule has 3 nitrogen and oxygen atoms in total. The van der Waals surface area contributed by atoms with Gasteiger partial charge in [0.25, 0.3) is 0 Å². The zero-order valence-corrected chi connectivity index (χ0v) is 6.06. The Hall–Kier alpha value is -0.700. The maximum absolute atomic E-state index is 3.26. The third kappa shape index (κ3) is 0.968. The monoisotopic (exact) mass is 139 g/mol. The molecular formula is C7H13N3. The molecule has 0 spiro atoms. The largest absolute Gasteiger partial charge is 0.377 e. The number of rotatable bonds is 1. The lowest BCUT2D eigenvalue weighted by atomic mass is 10.2. The van der Waals surface area contributed by atoms with Crippen LogP contribution in [-0.4, -0.2) is 31.2 Å². The first kappa shape index (κ1) is 6.04. The topological polar surface area (TPSA) is 27.3 Å². The zero-order chi connectivity index (χ0) is 6.81. The molecular weight excluding hydrogens is 126 g/mol. The minimum absolute atomic E-state index is 0.914. The predicted octanol–water partition coefficient (Wildman–Crippen LogP) is -0.316. The molecule has 1 fully saturated rings. The van der Waals surface area contributed by atoms with Crippen molar-refractivity contribution in [3.63, 3.8) is 0 Å². The number of hydrogen-bond acceptors (Lipinski definition) is 3. The Kier molecular flexibility index (Phi) is 1.51. The van der Waals surface area contributed by atoms with Crippen molar-refractivity contribution in [2.45, 2.75) is 6.42 Å². The first-order valence-corrected chi connectivity index (χ1v) is 3.85. The Balaban J connectivity index is 1.94. The Morgan fingerprint density at radius 1 is 1.40 bits per heavy atom. The van der Waals surface area contributed by atoms with E-state index in [4.69, 9.17) is 0 Å². The molecule has 2 aliphatic heterocycles. The zero-order valence-electron chi connectivity index (χ0n) is 6.06. The summed E-state index contributed by atoms with van der Waals surface area (Å²) in [6.45, 7) is 4.44. The molecule has 0 aromatic rings. The third-order valence-corrected chi connectivity index (χ3v) is 2.06. The van der Waals surface area contributed by atoms with E-state index in [0.29, 0.717) is 0 Å². The third-order valence-electron chi connectivity index (χ3n) is 2.06. The summed E-state index contributed by atoms with van der Waals surface area (Å²) < 4.78 is 0. The quantitative estimate of drug-likeness (QED) is 0.521. The van der Waals surface area contributed by atoms with Crippen molar-refractivity contribution < 1.29 is 0 Å². The Morgan fingerprint density at radius 3 is 2.80 bits per heavy atom. The van der Waals surface area contributed by atoms with Crippen LogP contribution in [0.4, 0.5) is 0 Å². The van der Waals surface area contributed by atoms with E-state index < -0.39 is 0 Å². The van der Waals surface area contributed by atoms with Crippen molar-refractivity contribution in [1.82, 2.24) is 15.5 Å². The van der Waals surface area contributed by atoms with Crippen LogP contribution in [0.3, 0.4) is 0 Å². The first-order chi connectivity index (χ1) is 4.97. The van der Waals surface area contributed by atoms with Crippen LogP contribution in [0.5, 0.6) is 0 Å². The van der Waals surface area contributed by atoms with Crippen molar-refractivity contribution in [1.29, 1.82) is 0 Å². The molecule has 0 radical (unpaired) electrons. The lowest BCUT2D eigenvalue weighted by Gasteiger charge is -2.36. The minimum Gasteiger partial charge on any atom is -0.377 e. The lowest BCUT2D eigenvalue weighted by Crippen LogP contribution is -2.44. The molecule has 0 saturated carbocycles. The Morgan fingerprint density at radius 2 is 2.30 bits per heavy atom. The summed E-state index contributed by atoms with van der Waals surface area (Å²) in [5.41, 5.74) is 1.41. The minimum atomic E-state index is 0.914. The summed E-state index contributed by atoms with van der Waals surface area (Å²) in [7, 11) is 0. The molecule has 2 heterocycles. The van der Waals surface area contributed by atoms with Crippen LogP contribution >= 0.6 is 0 Å². The molecule has 0 unspecified atom stereocenters. The standard InChI is InChI=1S/C7H13N3/c1-2-10(3-1)7-4-8-6-9-5-7/h4,8-9H,1-3,5-6H2. The highest BCUT2D eigenvalue weighted by molar-refractivity contribution is 5.07. The van der Waals surface area contributed by atoms with E-state index in [1.165, 1.54) is 25.2 Å². The second-order valence-corrected chi connectivity index (χ2v) is 2.78. The summed E-state index contributed by atoms with van der Waals surface area (Å²) in [4.78, 5) is 2.40. The molecule has 0 bridgehead atoms. The molecule has 0 aliphatic carbocycles. The summed E-state index contributed by atoms with van der Waals surface area (Å²) >= 11 is 0. The molecule has 1 saturated heterocycles. The van der Waals surface area contributed by atoms with E-state index in [1.54, 1.807) is 0 Å². The average molecular weight is 139 g/mol. The van der Waals surface area contributed by atoms with E-state index in [2.05, 4.69) is 21.7 Å². The fourth-order valence-corrected chi connectivity index (χ4v) is 1.29. The number of likely N-dealkylation sites (tertiary alicyclic amines) is 1. The maximum atomic E-state index is 3.26. The fourth-order valence-electron chi connectivity index (χ4n) is 1.29. The molecule has 10 heavy (non-hydrogen) atoms. The Labute approximate surface area is 61.1 Å². The smallest absolute Gasteiger partial charge is 0.0651 e. The van der Waals surface area contributed by atoms with Crippen LogP contribution in [0, 0.1) is 0 Å². The summed E-state index contributed by atoms with van der Waals surface area (Å²) in [6, 6.07) is 0. The first-order valence-electron chi connectivity index (χ1n) is 3.85. The van der Waals surface area contributed by atoms with Gasteiger partial charge in [-0.25, -0.2) is 0 Å². The van der Waals surface area contributed by atoms with Gasteiger partial charge in [0.1, 0.15) is 0 Å². The van der Waals surface area contributed by atoms with Gasteiger partial charge in [-0.3, -0.25) is 5.32 Å². The number of nitrogens with one attached hydrogen (secondary N) is 2. The molecule has 0 amide bonds. The predicted molar refractivity (Wildman–Crippen MR) is 40.3 cm³/mol. The van der Waals surface area contributed by atoms with Gasteiger partial charge in [-0.15, -0.1) is 0 Å². The molecule has 2 N–H and O–H groups in total. The molecule has 0 aromatic carbocycles. The van der Waals surface area contributed by atoms with Gasteiger partial charge in [0, 0.05) is 31.5 Å². The van der Waals surface area contributed by atoms with E-state index in [0.717, 1.165) is 13.2 Å². The molecule has 3 heteroatoms. The highest BCUT2D eigenvalue weighted by Crippen LogP contribution is 2.13. The molecule has 0 aromatic heterocycles. The van der Waals surface area contributed by atoms with Gasteiger partial charge in [0.05, 0.1) is 6.67 Å². The second kappa shape index (κ2) is 2.50. The van der Waals surface area contributed by atoms with E-state index in [1.807, 2.05) is 0 Å². The molecule has 2 aliphatic rings. The van der Waals surface area contributed by atoms with Gasteiger partial charge >= 0.3 is 0 Å². The second-order valence-electron chi connectivity index (χ2n) is 2.78. The van der Waals surface area contributed by atoms with Gasteiger partial charge in [-0.05, 0) is 6.42 Å². The SMILES string of the molecule is C1=C(N2CCC2)CNCN1. The highest BCUT2D eigenvalue weighted by atomic mass is 15.2. The van der Waals surface area contributed by atoms with Gasteiger partial charge in [-0.2, -0.15) is 0 Å². The highest BCUT2D eigenvalue weighted by Gasteiger charge is 2.17. The number of hydrogen-bond donors (Lipinski definition) is 2. The van der Waals surface area contributed by atoms with Crippen molar-refractivity contribution in [3.05, 3.63) is 11.9 Å². The Bertz CT molecular complexity index is 149. The van der Waals surface area contributed by atoms with Crippen molar-refractivity contribution in [2.75, 3.05) is 26.3 Å². The van der Waals surface area contributed by atoms with Crippen molar-refractivity contribution in [2.24, 2.45) is 0 Å². The van der Waals surface area contributed by atoms with Gasteiger partial charge in [-0.1, -0.05) is 0 Å². The van der Waals surface area contributed by atoms with E-state index >= 15 is 0 Å². The molecule has 56 valence electrons. The van der Waals surface area contributed by atoms with Crippen LogP contribution in [0.15, 0.2) is 11.9 Å². The van der Waals surface area contributed by atoms with Crippen LogP contribution in [0.1, 0.15) is 6.42 Å². The molecule has 0 atom stereocenters. The lowest BCUT2D eigenvalue weighted by molar-refractivity contribution is 0.227. The van der Waals surface area contributed by atoms with Gasteiger partial charge in [0.15, 0.2) is 0 Å². The maximum Gasteiger partial charge on any atom is 0.0651 e. The fraction of sp³-hybridized carbons (Fsp3) is 0.714. The van der Waals surface area contributed by atoms with E-state index in [-0.39, 0.29) is 0 Å². The van der Waals surface area contributed by atoms with Gasteiger partial charge < -0.3 is 10.2 Å². The summed E-state index contributed by atoms with van der Waals surface area (Å²) in [5.74, 6) is 0. The van der Waals surface area contributed by atoms with Crippen molar-refractivity contribution >= 4 is 0 Å². The summed E-state index contributed by atoms with van der Waals surface area (Å²) in [5, 5.41) is 6.43.